The molecule has 2 aliphatic heterocycles. The zero-order chi connectivity index (χ0) is 35.4. The molecule has 1 aromatic heterocycles. The monoisotopic (exact) mass is 678 g/mol. The summed E-state index contributed by atoms with van der Waals surface area (Å²) < 4.78 is 14.7. The van der Waals surface area contributed by atoms with E-state index in [2.05, 4.69) is 26.1 Å². The number of hydrogen-bond acceptors (Lipinski definition) is 6. The molecule has 2 amide bonds. The number of benzene rings is 2. The number of allylic oxidation sites excluding steroid dienone is 1. The first kappa shape index (κ1) is 34.2. The Morgan fingerprint density at radius 3 is 2.46 bits per heavy atom. The number of anilines is 1. The molecule has 8 rings (SSSR count). The number of nitrogens with zero attached hydrogens (tertiary/aromatic N) is 3. The quantitative estimate of drug-likeness (QED) is 0.238. The summed E-state index contributed by atoms with van der Waals surface area (Å²) in [5.74, 6) is 0.679. The zero-order valence-electron chi connectivity index (χ0n) is 29.5. The van der Waals surface area contributed by atoms with Crippen LogP contribution in [0.2, 0.25) is 0 Å². The van der Waals surface area contributed by atoms with Crippen LogP contribution in [0.15, 0.2) is 77.7 Å². The van der Waals surface area contributed by atoms with Crippen molar-refractivity contribution in [1.29, 1.82) is 0 Å². The summed E-state index contributed by atoms with van der Waals surface area (Å²) in [5.41, 5.74) is 0.209. The molecule has 3 aliphatic carbocycles. The van der Waals surface area contributed by atoms with Gasteiger partial charge in [0.1, 0.15) is 17.6 Å². The van der Waals surface area contributed by atoms with Gasteiger partial charge in [0, 0.05) is 5.41 Å². The number of carbonyl (C=O) groups is 2. The molecule has 2 N–H and O–H groups in total. The molecule has 4 fully saturated rings. The van der Waals surface area contributed by atoms with Gasteiger partial charge in [0.15, 0.2) is 0 Å². The van der Waals surface area contributed by atoms with Crippen LogP contribution < -0.4 is 15.8 Å². The van der Waals surface area contributed by atoms with Crippen LogP contribution in [-0.2, 0) is 26.1 Å². The third kappa shape index (κ3) is 5.78. The Morgan fingerprint density at radius 1 is 1.10 bits per heavy atom. The number of amides is 2. The summed E-state index contributed by atoms with van der Waals surface area (Å²) in [6.45, 7) is 10.8. The van der Waals surface area contributed by atoms with E-state index in [-0.39, 0.29) is 29.7 Å². The predicted octanol–water partition coefficient (Wildman–Crippen LogP) is 6.40. The largest absolute Gasteiger partial charge is 0.481 e. The van der Waals surface area contributed by atoms with Gasteiger partial charge in [0.05, 0.1) is 30.4 Å². The number of aromatic nitrogens is 2. The highest BCUT2D eigenvalue weighted by Gasteiger charge is 2.68. The van der Waals surface area contributed by atoms with Gasteiger partial charge < -0.3 is 19.7 Å². The SMILES string of the molecule is CC[C@H](NC(=O)[C@@H]1C[C@@](C)(CC=Cc2ccccc2)c2ncc(N(Cc3ccccc3)C(=O)O)c(=O)n21)B1O[C@@H]2C[C@@H]3C[C@@H](C3(C)C)[C@]2(C)O1. The molecule has 2 bridgehead atoms. The van der Waals surface area contributed by atoms with Crippen molar-refractivity contribution >= 4 is 30.9 Å². The van der Waals surface area contributed by atoms with Gasteiger partial charge in [0.2, 0.25) is 5.91 Å². The maximum atomic E-state index is 14.4. The van der Waals surface area contributed by atoms with Gasteiger partial charge >= 0.3 is 13.2 Å². The highest BCUT2D eigenvalue weighted by molar-refractivity contribution is 6.47. The van der Waals surface area contributed by atoms with Gasteiger partial charge in [-0.25, -0.2) is 9.78 Å². The fourth-order valence-corrected chi connectivity index (χ4v) is 9.13. The molecule has 0 unspecified atom stereocenters. The van der Waals surface area contributed by atoms with Gasteiger partial charge in [-0.1, -0.05) is 101 Å². The molecule has 0 radical (unpaired) electrons. The van der Waals surface area contributed by atoms with Gasteiger partial charge in [-0.2, -0.15) is 0 Å². The molecule has 262 valence electrons. The molecule has 0 spiro atoms. The van der Waals surface area contributed by atoms with Crippen LogP contribution in [0.3, 0.4) is 0 Å². The van der Waals surface area contributed by atoms with E-state index < -0.39 is 41.8 Å². The number of hydrogen-bond donors (Lipinski definition) is 2. The van der Waals surface area contributed by atoms with Crippen molar-refractivity contribution in [1.82, 2.24) is 14.9 Å². The number of carbonyl (C=O) groups excluding carboxylic acids is 1. The standard InChI is InChI=1S/C39H47BN4O6/c1-6-32(40-49-31-21-27-20-30(37(27,2)3)39(31,5)50-40)42-33(45)28-22-38(4,19-13-18-25-14-9-7-10-15-25)35-41-23-29(34(46)44(28)35)43(36(47)48)24-26-16-11-8-12-17-26/h7-18,23,27-28,30-32H,6,19-22,24H2,1-5H3,(H,42,45)(H,47,48)/t27-,28-,30-,31+,32-,38+,39-/m0/s1. The molecule has 50 heavy (non-hydrogen) atoms. The summed E-state index contributed by atoms with van der Waals surface area (Å²) in [7, 11) is -0.607. The van der Waals surface area contributed by atoms with E-state index >= 15 is 0 Å². The Labute approximate surface area is 294 Å². The van der Waals surface area contributed by atoms with Crippen LogP contribution in [0.25, 0.3) is 6.08 Å². The van der Waals surface area contributed by atoms with Crippen molar-refractivity contribution in [3.8, 4) is 0 Å². The molecular formula is C39H47BN4O6. The normalized spacial score (nSPS) is 29.6. The third-order valence-corrected chi connectivity index (χ3v) is 12.2. The zero-order valence-corrected chi connectivity index (χ0v) is 29.5. The second-order valence-electron chi connectivity index (χ2n) is 15.7. The fourth-order valence-electron chi connectivity index (χ4n) is 9.13. The second kappa shape index (κ2) is 12.8. The van der Waals surface area contributed by atoms with E-state index in [9.17, 15) is 19.5 Å². The molecule has 3 saturated carbocycles. The molecule has 11 heteroatoms. The molecule has 2 aromatic carbocycles. The predicted molar refractivity (Wildman–Crippen MR) is 193 cm³/mol. The van der Waals surface area contributed by atoms with Crippen LogP contribution in [0.1, 0.15) is 89.7 Å². The Hall–Kier alpha value is -4.22. The Bertz CT molecular complexity index is 1850. The molecule has 3 heterocycles. The van der Waals surface area contributed by atoms with E-state index in [4.69, 9.17) is 14.3 Å². The Kier molecular flexibility index (Phi) is 8.79. The number of carboxylic acid groups (broad SMARTS) is 1. The maximum Gasteiger partial charge on any atom is 0.481 e. The van der Waals surface area contributed by atoms with Crippen LogP contribution in [0, 0.1) is 17.3 Å². The first-order valence-electron chi connectivity index (χ1n) is 17.9. The number of rotatable bonds is 10. The van der Waals surface area contributed by atoms with Crippen LogP contribution in [-0.4, -0.2) is 51.4 Å². The van der Waals surface area contributed by atoms with E-state index in [0.29, 0.717) is 36.9 Å². The minimum absolute atomic E-state index is 0.0249. The van der Waals surface area contributed by atoms with E-state index in [0.717, 1.165) is 28.9 Å². The fraction of sp³-hybridized carbons (Fsp3) is 0.487. The highest BCUT2D eigenvalue weighted by Crippen LogP contribution is 2.65. The van der Waals surface area contributed by atoms with Crippen molar-refractivity contribution in [2.75, 3.05) is 4.90 Å². The lowest BCUT2D eigenvalue weighted by molar-refractivity contribution is -0.199. The summed E-state index contributed by atoms with van der Waals surface area (Å²) in [4.78, 5) is 47.1. The average Bonchev–Trinajstić information content (AvgIpc) is 3.61. The molecule has 10 nitrogen and oxygen atoms in total. The second-order valence-corrected chi connectivity index (χ2v) is 15.7. The van der Waals surface area contributed by atoms with Crippen molar-refractivity contribution in [2.45, 2.75) is 102 Å². The summed E-state index contributed by atoms with van der Waals surface area (Å²) in [6, 6.07) is 18.1. The summed E-state index contributed by atoms with van der Waals surface area (Å²) >= 11 is 0. The lowest BCUT2D eigenvalue weighted by Gasteiger charge is -2.64. The van der Waals surface area contributed by atoms with Crippen LogP contribution >= 0.6 is 0 Å². The van der Waals surface area contributed by atoms with Crippen LogP contribution in [0.5, 0.6) is 0 Å². The Balaban J connectivity index is 1.19. The molecule has 5 aliphatic rings. The van der Waals surface area contributed by atoms with E-state index in [1.54, 1.807) is 12.1 Å². The van der Waals surface area contributed by atoms with Gasteiger partial charge in [-0.15, -0.1) is 0 Å². The van der Waals surface area contributed by atoms with Crippen molar-refractivity contribution < 1.29 is 24.0 Å². The first-order chi connectivity index (χ1) is 23.9. The number of nitrogens with one attached hydrogen (secondary N) is 1. The maximum absolute atomic E-state index is 14.4. The van der Waals surface area contributed by atoms with Gasteiger partial charge in [-0.05, 0) is 67.4 Å². The molecule has 1 saturated heterocycles. The summed E-state index contributed by atoms with van der Waals surface area (Å²) in [6.07, 6.45) is 7.59. The number of fused-ring (bicyclic) bond motifs is 1. The lowest BCUT2D eigenvalue weighted by atomic mass is 9.43. The first-order valence-corrected chi connectivity index (χ1v) is 17.9. The minimum atomic E-state index is -1.28. The van der Waals surface area contributed by atoms with Crippen molar-refractivity contribution in [2.24, 2.45) is 17.3 Å². The molecule has 7 atom stereocenters. The summed E-state index contributed by atoms with van der Waals surface area (Å²) in [5, 5.41) is 13.4. The minimum Gasteiger partial charge on any atom is -0.465 e. The smallest absolute Gasteiger partial charge is 0.465 e. The third-order valence-electron chi connectivity index (χ3n) is 12.2. The average molecular weight is 679 g/mol. The van der Waals surface area contributed by atoms with Gasteiger partial charge in [0.25, 0.3) is 5.56 Å². The van der Waals surface area contributed by atoms with Crippen LogP contribution in [0.4, 0.5) is 10.5 Å². The van der Waals surface area contributed by atoms with Crippen molar-refractivity contribution in [3.63, 3.8) is 0 Å². The highest BCUT2D eigenvalue weighted by atomic mass is 16.7. The lowest BCUT2D eigenvalue weighted by Crippen LogP contribution is -2.65. The van der Waals surface area contributed by atoms with Crippen molar-refractivity contribution in [3.05, 3.63) is 100 Å². The van der Waals surface area contributed by atoms with E-state index in [1.807, 2.05) is 74.5 Å². The molecule has 3 aromatic rings. The molecular weight excluding hydrogens is 631 g/mol. The topological polar surface area (TPSA) is 123 Å². The van der Waals surface area contributed by atoms with Gasteiger partial charge in [-0.3, -0.25) is 19.1 Å². The Morgan fingerprint density at radius 2 is 1.80 bits per heavy atom. The van der Waals surface area contributed by atoms with E-state index in [1.165, 1.54) is 10.8 Å².